The van der Waals surface area contributed by atoms with Gasteiger partial charge < -0.3 is 9.84 Å². The Morgan fingerprint density at radius 1 is 1.10 bits per heavy atom. The zero-order valence-electron chi connectivity index (χ0n) is 17.6. The Morgan fingerprint density at radius 3 is 2.21 bits per heavy atom. The fraction of sp³-hybridized carbons (Fsp3) is 0.375. The van der Waals surface area contributed by atoms with Gasteiger partial charge in [-0.3, -0.25) is 4.90 Å². The molecular weight excluding hydrogens is 369 g/mol. The molecule has 5 heteroatoms. The number of hydrogen-bond donors (Lipinski definition) is 1. The van der Waals surface area contributed by atoms with Crippen molar-refractivity contribution >= 4 is 6.09 Å². The van der Waals surface area contributed by atoms with Crippen molar-refractivity contribution in [2.24, 2.45) is 0 Å². The van der Waals surface area contributed by atoms with Crippen molar-refractivity contribution in [2.45, 2.75) is 44.8 Å². The number of amides is 1. The second-order valence-corrected chi connectivity index (χ2v) is 7.97. The maximum absolute atomic E-state index is 13.4. The molecular formula is C24H30FNO3. The minimum Gasteiger partial charge on any atom is -0.453 e. The zero-order chi connectivity index (χ0) is 21.7. The average molecular weight is 400 g/mol. The van der Waals surface area contributed by atoms with E-state index < -0.39 is 17.2 Å². The number of ether oxygens (including phenoxy) is 1. The largest absolute Gasteiger partial charge is 0.453 e. The fourth-order valence-electron chi connectivity index (χ4n) is 3.60. The van der Waals surface area contributed by atoms with Gasteiger partial charge in [0.15, 0.2) is 0 Å². The van der Waals surface area contributed by atoms with Crippen molar-refractivity contribution in [3.8, 4) is 0 Å². The van der Waals surface area contributed by atoms with E-state index in [9.17, 15) is 14.3 Å². The van der Waals surface area contributed by atoms with Gasteiger partial charge in [-0.2, -0.15) is 0 Å². The van der Waals surface area contributed by atoms with Crippen molar-refractivity contribution in [1.82, 2.24) is 4.90 Å². The van der Waals surface area contributed by atoms with E-state index in [4.69, 9.17) is 4.74 Å². The van der Waals surface area contributed by atoms with Crippen LogP contribution >= 0.6 is 0 Å². The number of nitrogens with zero attached hydrogens (tertiary/aromatic N) is 1. The lowest BCUT2D eigenvalue weighted by Gasteiger charge is -2.40. The molecule has 0 aliphatic heterocycles. The quantitative estimate of drug-likeness (QED) is 0.607. The third kappa shape index (κ3) is 5.45. The molecule has 2 rings (SSSR count). The van der Waals surface area contributed by atoms with Crippen LogP contribution in [-0.2, 0) is 15.9 Å². The zero-order valence-corrected chi connectivity index (χ0v) is 17.6. The summed E-state index contributed by atoms with van der Waals surface area (Å²) in [5, 5.41) is 11.4. The maximum Gasteiger partial charge on any atom is 0.410 e. The highest BCUT2D eigenvalue weighted by atomic mass is 19.1. The molecule has 1 N–H and O–H groups in total. The molecule has 0 fully saturated rings. The Morgan fingerprint density at radius 2 is 1.69 bits per heavy atom. The minimum atomic E-state index is -1.17. The predicted octanol–water partition coefficient (Wildman–Crippen LogP) is 5.37. The van der Waals surface area contributed by atoms with Gasteiger partial charge in [0.05, 0.1) is 18.2 Å². The van der Waals surface area contributed by atoms with Gasteiger partial charge in [-0.15, -0.1) is 6.58 Å². The van der Waals surface area contributed by atoms with Crippen LogP contribution in [0.25, 0.3) is 0 Å². The maximum atomic E-state index is 13.4. The molecule has 0 bridgehead atoms. The summed E-state index contributed by atoms with van der Waals surface area (Å²) in [5.41, 5.74) is 0.457. The summed E-state index contributed by atoms with van der Waals surface area (Å²) in [6.07, 6.45) is 0.164. The van der Waals surface area contributed by atoms with E-state index in [1.165, 1.54) is 19.2 Å². The van der Waals surface area contributed by atoms with Crippen molar-refractivity contribution in [3.63, 3.8) is 0 Å². The Labute approximate surface area is 172 Å². The van der Waals surface area contributed by atoms with E-state index in [2.05, 4.69) is 6.58 Å². The first-order valence-corrected chi connectivity index (χ1v) is 9.64. The van der Waals surface area contributed by atoms with Gasteiger partial charge in [0.2, 0.25) is 0 Å². The number of carbonyl (C=O) groups excluding carboxylic acids is 1. The van der Waals surface area contributed by atoms with Gasteiger partial charge in [-0.25, -0.2) is 9.18 Å². The van der Waals surface area contributed by atoms with Crippen LogP contribution in [-0.4, -0.2) is 29.8 Å². The summed E-state index contributed by atoms with van der Waals surface area (Å²) in [5.74, 6) is -0.339. The molecule has 0 saturated carbocycles. The summed E-state index contributed by atoms with van der Waals surface area (Å²) >= 11 is 0. The molecule has 0 radical (unpaired) electrons. The lowest BCUT2D eigenvalue weighted by Crippen LogP contribution is -2.47. The smallest absolute Gasteiger partial charge is 0.410 e. The van der Waals surface area contributed by atoms with Crippen molar-refractivity contribution in [2.75, 3.05) is 13.7 Å². The minimum absolute atomic E-state index is 0.246. The Balaban J connectivity index is 2.34. The molecule has 1 unspecified atom stereocenters. The van der Waals surface area contributed by atoms with E-state index in [0.29, 0.717) is 12.8 Å². The highest BCUT2D eigenvalue weighted by Crippen LogP contribution is 2.35. The van der Waals surface area contributed by atoms with E-state index >= 15 is 0 Å². The molecule has 2 aromatic rings. The van der Waals surface area contributed by atoms with Gasteiger partial charge in [0, 0.05) is 13.0 Å². The lowest BCUT2D eigenvalue weighted by molar-refractivity contribution is 0.00451. The summed E-state index contributed by atoms with van der Waals surface area (Å²) in [4.78, 5) is 14.2. The average Bonchev–Trinajstić information content (AvgIpc) is 2.68. The standard InChI is InChI=1S/C24H30FNO3/c1-18(2)17-24(28,20-9-7-6-8-10-20)15-16-26(22(27)29-5)23(3,4)19-11-13-21(25)14-12-19/h6-14,28H,1,15-17H2,2-5H3. The topological polar surface area (TPSA) is 49.8 Å². The van der Waals surface area contributed by atoms with Gasteiger partial charge in [-0.05, 0) is 50.5 Å². The first-order valence-electron chi connectivity index (χ1n) is 9.64. The first kappa shape index (κ1) is 22.6. The first-order chi connectivity index (χ1) is 13.6. The molecule has 2 aromatic carbocycles. The van der Waals surface area contributed by atoms with Crippen LogP contribution in [0.2, 0.25) is 0 Å². The van der Waals surface area contributed by atoms with Crippen LogP contribution in [0.1, 0.15) is 44.7 Å². The number of benzene rings is 2. The summed E-state index contributed by atoms with van der Waals surface area (Å²) in [6, 6.07) is 15.4. The van der Waals surface area contributed by atoms with E-state index in [1.807, 2.05) is 51.1 Å². The van der Waals surface area contributed by atoms with Crippen LogP contribution in [0.3, 0.4) is 0 Å². The number of rotatable bonds is 8. The summed E-state index contributed by atoms with van der Waals surface area (Å²) < 4.78 is 18.4. The van der Waals surface area contributed by atoms with Crippen molar-refractivity contribution in [1.29, 1.82) is 0 Å². The third-order valence-corrected chi connectivity index (χ3v) is 5.27. The molecule has 29 heavy (non-hydrogen) atoms. The number of hydrogen-bond acceptors (Lipinski definition) is 3. The molecule has 1 amide bonds. The Hall–Kier alpha value is -2.66. The monoisotopic (exact) mass is 399 g/mol. The molecule has 0 heterocycles. The highest BCUT2D eigenvalue weighted by Gasteiger charge is 2.37. The van der Waals surface area contributed by atoms with E-state index in [-0.39, 0.29) is 12.4 Å². The van der Waals surface area contributed by atoms with Gasteiger partial charge in [-0.1, -0.05) is 48.0 Å². The van der Waals surface area contributed by atoms with Crippen molar-refractivity contribution < 1.29 is 19.0 Å². The SMILES string of the molecule is C=C(C)CC(O)(CCN(C(=O)OC)C(C)(C)c1ccc(F)cc1)c1ccccc1. The number of aliphatic hydroxyl groups is 1. The molecule has 0 aromatic heterocycles. The van der Waals surface area contributed by atoms with Crippen LogP contribution in [0.5, 0.6) is 0 Å². The lowest BCUT2D eigenvalue weighted by atomic mass is 9.84. The summed E-state index contributed by atoms with van der Waals surface area (Å²) in [6.45, 7) is 9.81. The van der Waals surface area contributed by atoms with E-state index in [1.54, 1.807) is 17.0 Å². The molecule has 0 aliphatic rings. The molecule has 0 saturated heterocycles. The third-order valence-electron chi connectivity index (χ3n) is 5.27. The fourth-order valence-corrected chi connectivity index (χ4v) is 3.60. The van der Waals surface area contributed by atoms with Gasteiger partial charge in [0.25, 0.3) is 0 Å². The number of carbonyl (C=O) groups is 1. The normalized spacial score (nSPS) is 13.4. The number of halogens is 1. The van der Waals surface area contributed by atoms with Crippen LogP contribution in [0.4, 0.5) is 9.18 Å². The molecule has 156 valence electrons. The van der Waals surface area contributed by atoms with Crippen LogP contribution in [0.15, 0.2) is 66.7 Å². The second-order valence-electron chi connectivity index (χ2n) is 7.97. The predicted molar refractivity (Wildman–Crippen MR) is 113 cm³/mol. The Kier molecular flexibility index (Phi) is 7.20. The second kappa shape index (κ2) is 9.23. The van der Waals surface area contributed by atoms with Crippen LogP contribution < -0.4 is 0 Å². The molecule has 0 aliphatic carbocycles. The van der Waals surface area contributed by atoms with Gasteiger partial charge in [0.1, 0.15) is 5.82 Å². The highest BCUT2D eigenvalue weighted by molar-refractivity contribution is 5.69. The molecule has 0 spiro atoms. The summed E-state index contributed by atoms with van der Waals surface area (Å²) in [7, 11) is 1.33. The molecule has 1 atom stereocenters. The van der Waals surface area contributed by atoms with Gasteiger partial charge >= 0.3 is 6.09 Å². The van der Waals surface area contributed by atoms with Crippen LogP contribution in [0, 0.1) is 5.82 Å². The van der Waals surface area contributed by atoms with Crippen molar-refractivity contribution in [3.05, 3.63) is 83.7 Å². The molecule has 4 nitrogen and oxygen atoms in total. The Bertz CT molecular complexity index is 833. The number of methoxy groups -OCH3 is 1. The van der Waals surface area contributed by atoms with E-state index in [0.717, 1.165) is 16.7 Å².